The summed E-state index contributed by atoms with van der Waals surface area (Å²) in [6, 6.07) is 11.9. The van der Waals surface area contributed by atoms with Gasteiger partial charge in [-0.2, -0.15) is 0 Å². The maximum absolute atomic E-state index is 13.1. The van der Waals surface area contributed by atoms with Crippen LogP contribution >= 0.6 is 15.9 Å². The molecule has 0 fully saturated rings. The second-order valence-corrected chi connectivity index (χ2v) is 5.63. The molecule has 0 aromatic heterocycles. The molecule has 0 heterocycles. The fourth-order valence-electron chi connectivity index (χ4n) is 1.99. The van der Waals surface area contributed by atoms with Gasteiger partial charge in [0.25, 0.3) is 5.91 Å². The van der Waals surface area contributed by atoms with Gasteiger partial charge in [-0.05, 0) is 52.7 Å². The number of amides is 1. The maximum Gasteiger partial charge on any atom is 0.255 e. The van der Waals surface area contributed by atoms with Gasteiger partial charge >= 0.3 is 0 Å². The highest BCUT2D eigenvalue weighted by Gasteiger charge is 2.15. The summed E-state index contributed by atoms with van der Waals surface area (Å²) in [5.41, 5.74) is 2.41. The molecule has 2 rings (SSSR count). The largest absolute Gasteiger partial charge is 0.337 e. The molecule has 0 saturated carbocycles. The standard InChI is InChI=1S/C16H15BrFNO/c1-11-6-7-15(17)14(8-11)16(20)19(2)10-12-4-3-5-13(18)9-12/h3-9H,10H2,1-2H3. The smallest absolute Gasteiger partial charge is 0.255 e. The van der Waals surface area contributed by atoms with Gasteiger partial charge in [0.1, 0.15) is 5.82 Å². The monoisotopic (exact) mass is 335 g/mol. The van der Waals surface area contributed by atoms with Gasteiger partial charge in [-0.25, -0.2) is 4.39 Å². The van der Waals surface area contributed by atoms with E-state index in [4.69, 9.17) is 0 Å². The van der Waals surface area contributed by atoms with E-state index >= 15 is 0 Å². The summed E-state index contributed by atoms with van der Waals surface area (Å²) in [5.74, 6) is -0.384. The number of halogens is 2. The molecule has 0 N–H and O–H groups in total. The van der Waals surface area contributed by atoms with Gasteiger partial charge in [-0.15, -0.1) is 0 Å². The molecule has 1 amide bonds. The number of hydrogen-bond acceptors (Lipinski definition) is 1. The normalized spacial score (nSPS) is 10.4. The summed E-state index contributed by atoms with van der Waals surface area (Å²) >= 11 is 3.39. The van der Waals surface area contributed by atoms with Crippen LogP contribution in [0.2, 0.25) is 0 Å². The second-order valence-electron chi connectivity index (χ2n) is 4.77. The van der Waals surface area contributed by atoms with E-state index in [1.165, 1.54) is 12.1 Å². The van der Waals surface area contributed by atoms with E-state index in [0.29, 0.717) is 12.1 Å². The number of carbonyl (C=O) groups is 1. The minimum atomic E-state index is -0.292. The van der Waals surface area contributed by atoms with Crippen molar-refractivity contribution in [3.8, 4) is 0 Å². The Morgan fingerprint density at radius 3 is 2.70 bits per heavy atom. The topological polar surface area (TPSA) is 20.3 Å². The van der Waals surface area contributed by atoms with Gasteiger partial charge in [0.15, 0.2) is 0 Å². The minimum absolute atomic E-state index is 0.0927. The fraction of sp³-hybridized carbons (Fsp3) is 0.188. The molecular formula is C16H15BrFNO. The molecular weight excluding hydrogens is 321 g/mol. The molecule has 0 aliphatic carbocycles. The van der Waals surface area contributed by atoms with Gasteiger partial charge in [0, 0.05) is 18.1 Å². The first-order chi connectivity index (χ1) is 9.47. The van der Waals surface area contributed by atoms with Crippen molar-refractivity contribution in [2.75, 3.05) is 7.05 Å². The van der Waals surface area contributed by atoms with E-state index in [-0.39, 0.29) is 11.7 Å². The molecule has 4 heteroatoms. The predicted molar refractivity (Wildman–Crippen MR) is 81.1 cm³/mol. The maximum atomic E-state index is 13.1. The average Bonchev–Trinajstić information content (AvgIpc) is 2.40. The summed E-state index contributed by atoms with van der Waals surface area (Å²) in [6.07, 6.45) is 0. The van der Waals surface area contributed by atoms with Crippen LogP contribution in [0.1, 0.15) is 21.5 Å². The third-order valence-corrected chi connectivity index (χ3v) is 3.70. The summed E-state index contributed by atoms with van der Waals surface area (Å²) in [5, 5.41) is 0. The number of carbonyl (C=O) groups excluding carboxylic acids is 1. The van der Waals surface area contributed by atoms with Crippen molar-refractivity contribution in [3.63, 3.8) is 0 Å². The van der Waals surface area contributed by atoms with Crippen molar-refractivity contribution in [1.82, 2.24) is 4.90 Å². The number of aryl methyl sites for hydroxylation is 1. The van der Waals surface area contributed by atoms with Crippen molar-refractivity contribution in [2.24, 2.45) is 0 Å². The first-order valence-electron chi connectivity index (χ1n) is 6.23. The molecule has 0 aliphatic rings. The minimum Gasteiger partial charge on any atom is -0.337 e. The number of benzene rings is 2. The van der Waals surface area contributed by atoms with E-state index in [1.807, 2.05) is 25.1 Å². The van der Waals surface area contributed by atoms with Crippen molar-refractivity contribution < 1.29 is 9.18 Å². The van der Waals surface area contributed by atoms with Gasteiger partial charge in [0.05, 0.1) is 5.56 Å². The fourth-order valence-corrected chi connectivity index (χ4v) is 2.41. The Morgan fingerprint density at radius 1 is 1.25 bits per heavy atom. The predicted octanol–water partition coefficient (Wildman–Crippen LogP) is 4.17. The van der Waals surface area contributed by atoms with Gasteiger partial charge < -0.3 is 4.90 Å². The molecule has 104 valence electrons. The molecule has 2 nitrogen and oxygen atoms in total. The Balaban J connectivity index is 2.18. The highest BCUT2D eigenvalue weighted by atomic mass is 79.9. The Labute approximate surface area is 126 Å². The summed E-state index contributed by atoms with van der Waals surface area (Å²) in [4.78, 5) is 14.0. The molecule has 2 aromatic rings. The number of rotatable bonds is 3. The summed E-state index contributed by atoms with van der Waals surface area (Å²) in [7, 11) is 1.71. The first kappa shape index (κ1) is 14.7. The molecule has 2 aromatic carbocycles. The average molecular weight is 336 g/mol. The Bertz CT molecular complexity index is 642. The van der Waals surface area contributed by atoms with Gasteiger partial charge in [0.2, 0.25) is 0 Å². The van der Waals surface area contributed by atoms with E-state index in [1.54, 1.807) is 24.1 Å². The third-order valence-electron chi connectivity index (χ3n) is 3.01. The van der Waals surface area contributed by atoms with E-state index < -0.39 is 0 Å². The van der Waals surface area contributed by atoms with Crippen LogP contribution in [0.5, 0.6) is 0 Å². The Morgan fingerprint density at radius 2 is 2.00 bits per heavy atom. The molecule has 0 aliphatic heterocycles. The van der Waals surface area contributed by atoms with E-state index in [9.17, 15) is 9.18 Å². The van der Waals surface area contributed by atoms with Crippen molar-refractivity contribution in [2.45, 2.75) is 13.5 Å². The highest BCUT2D eigenvalue weighted by Crippen LogP contribution is 2.20. The van der Waals surface area contributed by atoms with Gasteiger partial charge in [-0.1, -0.05) is 23.8 Å². The molecule has 0 spiro atoms. The molecule has 0 radical (unpaired) electrons. The van der Waals surface area contributed by atoms with Crippen molar-refractivity contribution >= 4 is 21.8 Å². The Hall–Kier alpha value is -1.68. The molecule has 0 saturated heterocycles. The highest BCUT2D eigenvalue weighted by molar-refractivity contribution is 9.10. The quantitative estimate of drug-likeness (QED) is 0.824. The zero-order valence-corrected chi connectivity index (χ0v) is 12.9. The zero-order chi connectivity index (χ0) is 14.7. The number of hydrogen-bond donors (Lipinski definition) is 0. The van der Waals surface area contributed by atoms with Crippen LogP contribution in [0, 0.1) is 12.7 Å². The zero-order valence-electron chi connectivity index (χ0n) is 11.4. The van der Waals surface area contributed by atoms with Crippen LogP contribution in [0.4, 0.5) is 4.39 Å². The molecule has 0 atom stereocenters. The van der Waals surface area contributed by atoms with E-state index in [2.05, 4.69) is 15.9 Å². The van der Waals surface area contributed by atoms with Crippen LogP contribution in [-0.4, -0.2) is 17.9 Å². The van der Waals surface area contributed by atoms with Crippen molar-refractivity contribution in [3.05, 3.63) is 69.4 Å². The van der Waals surface area contributed by atoms with Crippen molar-refractivity contribution in [1.29, 1.82) is 0 Å². The van der Waals surface area contributed by atoms with Crippen LogP contribution in [0.15, 0.2) is 46.9 Å². The van der Waals surface area contributed by atoms with Crippen LogP contribution in [0.3, 0.4) is 0 Å². The van der Waals surface area contributed by atoms with Gasteiger partial charge in [-0.3, -0.25) is 4.79 Å². The lowest BCUT2D eigenvalue weighted by molar-refractivity contribution is 0.0784. The summed E-state index contributed by atoms with van der Waals surface area (Å²) < 4.78 is 13.9. The first-order valence-corrected chi connectivity index (χ1v) is 7.03. The molecule has 20 heavy (non-hydrogen) atoms. The van der Waals surface area contributed by atoms with Crippen LogP contribution in [0.25, 0.3) is 0 Å². The second kappa shape index (κ2) is 6.18. The lowest BCUT2D eigenvalue weighted by Gasteiger charge is -2.18. The summed E-state index contributed by atoms with van der Waals surface area (Å²) in [6.45, 7) is 2.31. The SMILES string of the molecule is Cc1ccc(Br)c(C(=O)N(C)Cc2cccc(F)c2)c1. The number of nitrogens with zero attached hydrogens (tertiary/aromatic N) is 1. The lowest BCUT2D eigenvalue weighted by atomic mass is 10.1. The van der Waals surface area contributed by atoms with Crippen LogP contribution in [-0.2, 0) is 6.54 Å². The molecule has 0 bridgehead atoms. The lowest BCUT2D eigenvalue weighted by Crippen LogP contribution is -2.26. The molecule has 0 unspecified atom stereocenters. The van der Waals surface area contributed by atoms with Crippen LogP contribution < -0.4 is 0 Å². The Kier molecular flexibility index (Phi) is 4.55. The third kappa shape index (κ3) is 3.45. The van der Waals surface area contributed by atoms with E-state index in [0.717, 1.165) is 15.6 Å².